The molecule has 0 aromatic heterocycles. The smallest absolute Gasteiger partial charge is 0.275 e. The molecule has 0 bridgehead atoms. The fraction of sp³-hybridized carbons (Fsp3) is 0.556. The zero-order valence-electron chi connectivity index (χ0n) is 15.2. The molecule has 1 aromatic rings. The molecule has 148 valence electrons. The SMILES string of the molecule is CCN1CCC(C#N)(N(c2ccccc2)C(O)NC(=O)C(Cl)(Cl)Cl)CC1C. The van der Waals surface area contributed by atoms with E-state index in [2.05, 4.69) is 23.2 Å². The van der Waals surface area contributed by atoms with Crippen molar-refractivity contribution in [3.8, 4) is 6.07 Å². The van der Waals surface area contributed by atoms with Crippen molar-refractivity contribution in [1.82, 2.24) is 10.2 Å². The zero-order valence-corrected chi connectivity index (χ0v) is 17.5. The van der Waals surface area contributed by atoms with Gasteiger partial charge < -0.3 is 20.2 Å². The van der Waals surface area contributed by atoms with E-state index in [1.54, 1.807) is 24.3 Å². The molecule has 0 radical (unpaired) electrons. The largest absolute Gasteiger partial charge is 0.356 e. The first-order valence-corrected chi connectivity index (χ1v) is 9.83. The van der Waals surface area contributed by atoms with Crippen molar-refractivity contribution in [2.45, 2.75) is 48.4 Å². The lowest BCUT2D eigenvalue weighted by atomic mass is 9.82. The molecular weight excluding hydrogens is 411 g/mol. The fourth-order valence-corrected chi connectivity index (χ4v) is 3.75. The third-order valence-corrected chi connectivity index (χ3v) is 5.46. The Hall–Kier alpha value is -1.23. The number of hydrogen-bond acceptors (Lipinski definition) is 5. The third kappa shape index (κ3) is 4.98. The van der Waals surface area contributed by atoms with E-state index in [4.69, 9.17) is 34.8 Å². The van der Waals surface area contributed by atoms with Crippen LogP contribution >= 0.6 is 34.8 Å². The second kappa shape index (κ2) is 8.85. The van der Waals surface area contributed by atoms with Crippen molar-refractivity contribution in [3.63, 3.8) is 0 Å². The van der Waals surface area contributed by atoms with Crippen molar-refractivity contribution in [2.24, 2.45) is 0 Å². The number of likely N-dealkylation sites (tertiary alicyclic amines) is 1. The first-order chi connectivity index (χ1) is 12.6. The Bertz CT molecular complexity index is 692. The van der Waals surface area contributed by atoms with Crippen molar-refractivity contribution < 1.29 is 9.90 Å². The molecule has 0 aliphatic carbocycles. The number of hydrogen-bond donors (Lipinski definition) is 2. The number of alkyl halides is 3. The van der Waals surface area contributed by atoms with Crippen molar-refractivity contribution in [3.05, 3.63) is 30.3 Å². The van der Waals surface area contributed by atoms with Crippen LogP contribution in [0, 0.1) is 11.3 Å². The van der Waals surface area contributed by atoms with Crippen LogP contribution in [0.5, 0.6) is 0 Å². The van der Waals surface area contributed by atoms with Gasteiger partial charge in [-0.15, -0.1) is 0 Å². The molecule has 9 heteroatoms. The Morgan fingerprint density at radius 1 is 1.48 bits per heavy atom. The number of carbonyl (C=O) groups excluding carboxylic acids is 1. The molecule has 6 nitrogen and oxygen atoms in total. The number of aliphatic hydroxyl groups is 1. The molecule has 1 aromatic carbocycles. The summed E-state index contributed by atoms with van der Waals surface area (Å²) in [7, 11) is 0. The lowest BCUT2D eigenvalue weighted by molar-refractivity contribution is -0.123. The Morgan fingerprint density at radius 3 is 2.59 bits per heavy atom. The van der Waals surface area contributed by atoms with E-state index in [0.29, 0.717) is 25.1 Å². The second-order valence-corrected chi connectivity index (χ2v) is 8.91. The minimum atomic E-state index is -2.22. The van der Waals surface area contributed by atoms with Crippen LogP contribution < -0.4 is 10.2 Å². The summed E-state index contributed by atoms with van der Waals surface area (Å²) in [6.07, 6.45) is -0.542. The molecule has 1 aliphatic heterocycles. The van der Waals surface area contributed by atoms with E-state index in [9.17, 15) is 15.2 Å². The normalized spacial score (nSPS) is 24.7. The Labute approximate surface area is 174 Å². The van der Waals surface area contributed by atoms with E-state index in [1.165, 1.54) is 4.90 Å². The van der Waals surface area contributed by atoms with Crippen LogP contribution in [0.25, 0.3) is 0 Å². The number of piperidine rings is 1. The average molecular weight is 434 g/mol. The summed E-state index contributed by atoms with van der Waals surface area (Å²) in [5.41, 5.74) is -0.430. The van der Waals surface area contributed by atoms with E-state index in [-0.39, 0.29) is 6.04 Å². The van der Waals surface area contributed by atoms with Crippen LogP contribution in [-0.4, -0.2) is 50.7 Å². The van der Waals surface area contributed by atoms with E-state index in [0.717, 1.165) is 6.54 Å². The number of amides is 1. The lowest BCUT2D eigenvalue weighted by Crippen LogP contribution is -2.64. The van der Waals surface area contributed by atoms with Gasteiger partial charge in [-0.05, 0) is 38.4 Å². The molecule has 1 fully saturated rings. The average Bonchev–Trinajstić information content (AvgIpc) is 2.62. The van der Waals surface area contributed by atoms with Gasteiger partial charge in [0.25, 0.3) is 9.70 Å². The quantitative estimate of drug-likeness (QED) is 0.551. The van der Waals surface area contributed by atoms with Crippen molar-refractivity contribution in [2.75, 3.05) is 18.0 Å². The number of aliphatic hydroxyl groups excluding tert-OH is 1. The van der Waals surface area contributed by atoms with E-state index >= 15 is 0 Å². The molecule has 3 unspecified atom stereocenters. The molecule has 0 saturated carbocycles. The minimum Gasteiger partial charge on any atom is -0.356 e. The fourth-order valence-electron chi connectivity index (χ4n) is 3.59. The Kier molecular flexibility index (Phi) is 7.23. The summed E-state index contributed by atoms with van der Waals surface area (Å²) in [6, 6.07) is 11.4. The number of carbonyl (C=O) groups is 1. The van der Waals surface area contributed by atoms with Crippen molar-refractivity contribution >= 4 is 46.4 Å². The third-order valence-electron chi connectivity index (χ3n) is 4.94. The van der Waals surface area contributed by atoms with Gasteiger partial charge in [0, 0.05) is 18.3 Å². The highest BCUT2D eigenvalue weighted by Crippen LogP contribution is 2.36. The monoisotopic (exact) mass is 432 g/mol. The van der Waals surface area contributed by atoms with Crippen LogP contribution in [0.2, 0.25) is 0 Å². The molecule has 27 heavy (non-hydrogen) atoms. The summed E-state index contributed by atoms with van der Waals surface area (Å²) in [5.74, 6) is -0.965. The molecule has 1 amide bonds. The first-order valence-electron chi connectivity index (χ1n) is 8.70. The van der Waals surface area contributed by atoms with Crippen LogP contribution in [-0.2, 0) is 4.79 Å². The van der Waals surface area contributed by atoms with Crippen LogP contribution in [0.1, 0.15) is 26.7 Å². The number of rotatable bonds is 5. The highest BCUT2D eigenvalue weighted by atomic mass is 35.6. The standard InChI is InChI=1S/C18H23Cl3N4O2/c1-3-24-10-9-17(12-22,11-13(24)2)25(14-7-5-4-6-8-14)16(27)23-15(26)18(19,20)21/h4-8,13,16,27H,3,9-11H2,1-2H3,(H,23,26). The van der Waals surface area contributed by atoms with Gasteiger partial charge in [-0.2, -0.15) is 5.26 Å². The van der Waals surface area contributed by atoms with Gasteiger partial charge in [-0.1, -0.05) is 59.9 Å². The zero-order chi connectivity index (χ0) is 20.2. The summed E-state index contributed by atoms with van der Waals surface area (Å²) >= 11 is 16.8. The van der Waals surface area contributed by atoms with Crippen LogP contribution in [0.15, 0.2) is 30.3 Å². The van der Waals surface area contributed by atoms with Gasteiger partial charge in [0.2, 0.25) is 6.35 Å². The van der Waals surface area contributed by atoms with Gasteiger partial charge in [0.05, 0.1) is 6.07 Å². The van der Waals surface area contributed by atoms with Crippen molar-refractivity contribution in [1.29, 1.82) is 5.26 Å². The van der Waals surface area contributed by atoms with Gasteiger partial charge in [0.15, 0.2) is 0 Å². The maximum absolute atomic E-state index is 12.1. The molecule has 1 saturated heterocycles. The maximum Gasteiger partial charge on any atom is 0.275 e. The first kappa shape index (κ1) is 22.1. The number of anilines is 1. The number of nitrogens with one attached hydrogen (secondary N) is 1. The van der Waals surface area contributed by atoms with E-state index < -0.39 is 21.6 Å². The summed E-state index contributed by atoms with van der Waals surface area (Å²) in [5, 5.41) is 23.2. The highest BCUT2D eigenvalue weighted by Gasteiger charge is 2.46. The molecule has 1 aliphatic rings. The minimum absolute atomic E-state index is 0.130. The number of nitrogens with zero attached hydrogens (tertiary/aromatic N) is 3. The molecule has 1 heterocycles. The van der Waals surface area contributed by atoms with Crippen LogP contribution in [0.3, 0.4) is 0 Å². The molecule has 3 atom stereocenters. The maximum atomic E-state index is 12.1. The molecule has 2 N–H and O–H groups in total. The second-order valence-electron chi connectivity index (χ2n) is 6.63. The van der Waals surface area contributed by atoms with Gasteiger partial charge in [-0.3, -0.25) is 4.79 Å². The molecule has 2 rings (SSSR count). The topological polar surface area (TPSA) is 79.6 Å². The summed E-state index contributed by atoms with van der Waals surface area (Å²) in [6.45, 7) is 5.69. The number of halogens is 3. The predicted molar refractivity (Wildman–Crippen MR) is 108 cm³/mol. The number of nitriles is 1. The summed E-state index contributed by atoms with van der Waals surface area (Å²) < 4.78 is -2.22. The van der Waals surface area contributed by atoms with Gasteiger partial charge in [-0.25, -0.2) is 0 Å². The Morgan fingerprint density at radius 2 is 2.11 bits per heavy atom. The lowest BCUT2D eigenvalue weighted by Gasteiger charge is -2.49. The Balaban J connectivity index is 2.41. The highest BCUT2D eigenvalue weighted by molar-refractivity contribution is 6.76. The summed E-state index contributed by atoms with van der Waals surface area (Å²) in [4.78, 5) is 15.8. The van der Waals surface area contributed by atoms with Crippen LogP contribution in [0.4, 0.5) is 5.69 Å². The van der Waals surface area contributed by atoms with E-state index in [1.807, 2.05) is 13.0 Å². The van der Waals surface area contributed by atoms with Gasteiger partial charge >= 0.3 is 0 Å². The molecular formula is C18H23Cl3N4O2. The number of para-hydroxylation sites is 1. The predicted octanol–water partition coefficient (Wildman–Crippen LogP) is 3.02. The molecule has 0 spiro atoms. The van der Waals surface area contributed by atoms with Gasteiger partial charge in [0.1, 0.15) is 5.54 Å². The number of benzene rings is 1.